The first-order chi connectivity index (χ1) is 11.6. The third kappa shape index (κ3) is 3.25. The van der Waals surface area contributed by atoms with Gasteiger partial charge in [0.25, 0.3) is 0 Å². The van der Waals surface area contributed by atoms with Crippen molar-refractivity contribution < 1.29 is 14.3 Å². The molecule has 122 valence electrons. The smallest absolute Gasteiger partial charge is 0.244 e. The number of likely N-dealkylation sites (N-methyl/N-ethyl adjacent to an activating group) is 1. The van der Waals surface area contributed by atoms with Gasteiger partial charge < -0.3 is 15.4 Å². The fraction of sp³-hybridized carbons (Fsp3) is 0.211. The molecule has 0 spiro atoms. The van der Waals surface area contributed by atoms with Gasteiger partial charge in [-0.15, -0.1) is 0 Å². The SMILES string of the molecule is CN1C(=O)[C]Cc2ccc(OCc3ccccc3)cc2C1C(N)=O. The molecule has 24 heavy (non-hydrogen) atoms. The van der Waals surface area contributed by atoms with Crippen LogP contribution in [0, 0.1) is 6.42 Å². The maximum atomic E-state index is 12.0. The second kappa shape index (κ2) is 6.74. The number of hydrogen-bond donors (Lipinski definition) is 1. The van der Waals surface area contributed by atoms with Gasteiger partial charge in [0.1, 0.15) is 18.4 Å². The van der Waals surface area contributed by atoms with E-state index in [4.69, 9.17) is 10.5 Å². The van der Waals surface area contributed by atoms with Crippen molar-refractivity contribution in [3.05, 3.63) is 71.6 Å². The normalized spacial score (nSPS) is 17.1. The number of carbonyl (C=O) groups excluding carboxylic acids is 2. The molecule has 1 heterocycles. The van der Waals surface area contributed by atoms with Crippen LogP contribution in [0.25, 0.3) is 0 Å². The summed E-state index contributed by atoms with van der Waals surface area (Å²) < 4.78 is 5.81. The fourth-order valence-electron chi connectivity index (χ4n) is 2.78. The summed E-state index contributed by atoms with van der Waals surface area (Å²) in [7, 11) is 1.55. The Kier molecular flexibility index (Phi) is 4.51. The Bertz CT molecular complexity index is 758. The van der Waals surface area contributed by atoms with E-state index in [0.717, 1.165) is 11.1 Å². The Morgan fingerprint density at radius 3 is 2.75 bits per heavy atom. The zero-order valence-electron chi connectivity index (χ0n) is 13.4. The van der Waals surface area contributed by atoms with Gasteiger partial charge in [-0.25, -0.2) is 0 Å². The lowest BCUT2D eigenvalue weighted by Gasteiger charge is -2.24. The molecule has 5 heteroatoms. The van der Waals surface area contributed by atoms with E-state index in [1.165, 1.54) is 4.90 Å². The predicted molar refractivity (Wildman–Crippen MR) is 88.9 cm³/mol. The molecule has 2 amide bonds. The van der Waals surface area contributed by atoms with Gasteiger partial charge in [0, 0.05) is 7.05 Å². The van der Waals surface area contributed by atoms with Gasteiger partial charge in [-0.1, -0.05) is 36.4 Å². The molecule has 0 fully saturated rings. The maximum Gasteiger partial charge on any atom is 0.244 e. The number of hydrogen-bond acceptors (Lipinski definition) is 3. The summed E-state index contributed by atoms with van der Waals surface area (Å²) in [6.45, 7) is 0.424. The molecule has 2 N–H and O–H groups in total. The van der Waals surface area contributed by atoms with E-state index < -0.39 is 11.9 Å². The molecular weight excluding hydrogens is 304 g/mol. The van der Waals surface area contributed by atoms with E-state index in [9.17, 15) is 9.59 Å². The quantitative estimate of drug-likeness (QED) is 0.934. The number of ether oxygens (including phenoxy) is 1. The molecule has 0 aromatic heterocycles. The summed E-state index contributed by atoms with van der Waals surface area (Å²) in [4.78, 5) is 25.2. The lowest BCUT2D eigenvalue weighted by molar-refractivity contribution is -0.135. The average Bonchev–Trinajstić information content (AvgIpc) is 2.71. The zero-order chi connectivity index (χ0) is 17.1. The van der Waals surface area contributed by atoms with Crippen molar-refractivity contribution >= 4 is 11.8 Å². The summed E-state index contributed by atoms with van der Waals surface area (Å²) >= 11 is 0. The second-order valence-electron chi connectivity index (χ2n) is 5.71. The standard InChI is InChI=1S/C19H18N2O3/c1-21-17(22)10-8-14-7-9-15(11-16(14)18(21)19(20)23)24-12-13-5-3-2-4-6-13/h2-7,9,11,18H,8,12H2,1H3,(H2,20,23). The number of carbonyl (C=O) groups is 2. The van der Waals surface area contributed by atoms with Gasteiger partial charge in [0.05, 0.1) is 6.42 Å². The topological polar surface area (TPSA) is 72.6 Å². The zero-order valence-corrected chi connectivity index (χ0v) is 13.4. The minimum atomic E-state index is -0.817. The van der Waals surface area contributed by atoms with Crippen LogP contribution >= 0.6 is 0 Å². The van der Waals surface area contributed by atoms with E-state index in [1.54, 1.807) is 13.1 Å². The van der Waals surface area contributed by atoms with Crippen LogP contribution in [0.1, 0.15) is 22.7 Å². The molecule has 3 rings (SSSR count). The molecule has 5 nitrogen and oxygen atoms in total. The monoisotopic (exact) mass is 322 g/mol. The lowest BCUT2D eigenvalue weighted by Crippen LogP contribution is -2.38. The van der Waals surface area contributed by atoms with Crippen LogP contribution in [0.3, 0.4) is 0 Å². The van der Waals surface area contributed by atoms with E-state index in [2.05, 4.69) is 6.42 Å². The summed E-state index contributed by atoms with van der Waals surface area (Å²) in [5, 5.41) is 0. The Balaban J connectivity index is 1.88. The van der Waals surface area contributed by atoms with Crippen molar-refractivity contribution in [2.75, 3.05) is 7.05 Å². The number of nitrogens with zero attached hydrogens (tertiary/aromatic N) is 1. The molecule has 1 aliphatic rings. The highest BCUT2D eigenvalue weighted by atomic mass is 16.5. The molecule has 1 unspecified atom stereocenters. The van der Waals surface area contributed by atoms with Crippen LogP contribution in [0.15, 0.2) is 48.5 Å². The van der Waals surface area contributed by atoms with Crippen LogP contribution in [-0.2, 0) is 22.6 Å². The minimum absolute atomic E-state index is 0.332. The van der Waals surface area contributed by atoms with Gasteiger partial charge in [-0.3, -0.25) is 9.59 Å². The third-order valence-corrected chi connectivity index (χ3v) is 4.07. The third-order valence-electron chi connectivity index (χ3n) is 4.07. The number of rotatable bonds is 4. The molecule has 1 atom stereocenters. The Hall–Kier alpha value is -2.82. The van der Waals surface area contributed by atoms with Crippen molar-refractivity contribution in [1.82, 2.24) is 4.90 Å². The first kappa shape index (κ1) is 16.1. The number of fused-ring (bicyclic) bond motifs is 1. The Morgan fingerprint density at radius 1 is 1.29 bits per heavy atom. The summed E-state index contributed by atoms with van der Waals surface area (Å²) in [6, 6.07) is 14.5. The van der Waals surface area contributed by atoms with E-state index in [0.29, 0.717) is 24.3 Å². The predicted octanol–water partition coefficient (Wildman–Crippen LogP) is 1.89. The first-order valence-electron chi connectivity index (χ1n) is 7.66. The van der Waals surface area contributed by atoms with E-state index in [-0.39, 0.29) is 5.91 Å². The number of amides is 2. The van der Waals surface area contributed by atoms with Gasteiger partial charge in [-0.2, -0.15) is 0 Å². The highest BCUT2D eigenvalue weighted by Gasteiger charge is 2.32. The molecule has 1 aliphatic heterocycles. The largest absolute Gasteiger partial charge is 0.489 e. The highest BCUT2D eigenvalue weighted by Crippen LogP contribution is 2.31. The average molecular weight is 322 g/mol. The second-order valence-corrected chi connectivity index (χ2v) is 5.71. The molecule has 2 radical (unpaired) electrons. The highest BCUT2D eigenvalue weighted by molar-refractivity contribution is 5.92. The fourth-order valence-corrected chi connectivity index (χ4v) is 2.78. The lowest BCUT2D eigenvalue weighted by atomic mass is 9.97. The van der Waals surface area contributed by atoms with Crippen molar-refractivity contribution in [2.24, 2.45) is 5.73 Å². The molecule has 0 saturated carbocycles. The van der Waals surface area contributed by atoms with Crippen LogP contribution in [0.4, 0.5) is 0 Å². The van der Waals surface area contributed by atoms with E-state index >= 15 is 0 Å². The van der Waals surface area contributed by atoms with Crippen LogP contribution in [0.5, 0.6) is 5.75 Å². The van der Waals surface area contributed by atoms with Crippen molar-refractivity contribution in [1.29, 1.82) is 0 Å². The maximum absolute atomic E-state index is 12.0. The minimum Gasteiger partial charge on any atom is -0.489 e. The number of primary amides is 1. The summed E-state index contributed by atoms with van der Waals surface area (Å²) in [5.74, 6) is -0.274. The molecule has 0 saturated heterocycles. The van der Waals surface area contributed by atoms with Crippen LogP contribution in [-0.4, -0.2) is 23.8 Å². The van der Waals surface area contributed by atoms with Crippen molar-refractivity contribution in [2.45, 2.75) is 19.1 Å². The molecule has 0 bridgehead atoms. The van der Waals surface area contributed by atoms with Crippen LogP contribution < -0.4 is 10.5 Å². The molecule has 0 aliphatic carbocycles. The van der Waals surface area contributed by atoms with Crippen molar-refractivity contribution in [3.8, 4) is 5.75 Å². The summed E-state index contributed by atoms with van der Waals surface area (Å²) in [6.07, 6.45) is 3.10. The van der Waals surface area contributed by atoms with Crippen LogP contribution in [0.2, 0.25) is 0 Å². The number of benzene rings is 2. The Morgan fingerprint density at radius 2 is 2.04 bits per heavy atom. The molecule has 2 aromatic rings. The Labute approximate surface area is 141 Å². The van der Waals surface area contributed by atoms with E-state index in [1.807, 2.05) is 42.5 Å². The van der Waals surface area contributed by atoms with Crippen molar-refractivity contribution in [3.63, 3.8) is 0 Å². The molecule has 2 aromatic carbocycles. The van der Waals surface area contributed by atoms with Gasteiger partial charge in [0.2, 0.25) is 11.8 Å². The number of nitrogens with two attached hydrogens (primary N) is 1. The molecular formula is C19H18N2O3. The first-order valence-corrected chi connectivity index (χ1v) is 7.66. The van der Waals surface area contributed by atoms with Gasteiger partial charge >= 0.3 is 0 Å². The summed E-state index contributed by atoms with van der Waals surface area (Å²) in [5.41, 5.74) is 8.11. The van der Waals surface area contributed by atoms with Gasteiger partial charge in [0.15, 0.2) is 0 Å². The van der Waals surface area contributed by atoms with Gasteiger partial charge in [-0.05, 0) is 35.2 Å².